The highest BCUT2D eigenvalue weighted by atomic mass is 35.5. The van der Waals surface area contributed by atoms with E-state index in [0.717, 1.165) is 31.8 Å². The summed E-state index contributed by atoms with van der Waals surface area (Å²) >= 11 is 6.34. The number of likely N-dealkylation sites (tertiary alicyclic amines) is 1. The van der Waals surface area contributed by atoms with E-state index in [1.807, 2.05) is 0 Å². The molecule has 3 N–H and O–H groups in total. The zero-order valence-electron chi connectivity index (χ0n) is 16.5. The molecule has 6 nitrogen and oxygen atoms in total. The molecule has 1 aliphatic carbocycles. The molecule has 29 heavy (non-hydrogen) atoms. The van der Waals surface area contributed by atoms with Gasteiger partial charge in [-0.25, -0.2) is 10.5 Å². The third-order valence-corrected chi connectivity index (χ3v) is 5.86. The van der Waals surface area contributed by atoms with Gasteiger partial charge >= 0.3 is 0 Å². The van der Waals surface area contributed by atoms with Crippen LogP contribution in [0.4, 0.5) is 5.82 Å². The Hall–Kier alpha value is -1.05. The first-order valence-corrected chi connectivity index (χ1v) is 10.3. The lowest BCUT2D eigenvalue weighted by Crippen LogP contribution is -2.41. The number of nitrogens with zero attached hydrogens (tertiary/aromatic N) is 2. The first kappa shape index (κ1) is 26.0. The second-order valence-corrected chi connectivity index (χ2v) is 8.04. The number of amides is 1. The molecule has 1 saturated heterocycles. The Bertz CT molecular complexity index is 661. The van der Waals surface area contributed by atoms with Crippen LogP contribution in [0.15, 0.2) is 18.3 Å². The minimum atomic E-state index is -0.590. The second-order valence-electron chi connectivity index (χ2n) is 7.63. The minimum Gasteiger partial charge on any atom is -0.366 e. The van der Waals surface area contributed by atoms with Gasteiger partial charge in [-0.05, 0) is 49.3 Å². The van der Waals surface area contributed by atoms with Crippen molar-refractivity contribution >= 4 is 54.2 Å². The smallest absolute Gasteiger partial charge is 0.267 e. The maximum atomic E-state index is 11.0. The van der Waals surface area contributed by atoms with Crippen molar-refractivity contribution in [2.45, 2.75) is 51.0 Å². The molecule has 1 aliphatic heterocycles. The van der Waals surface area contributed by atoms with Gasteiger partial charge in [-0.2, -0.15) is 0 Å². The van der Waals surface area contributed by atoms with Crippen LogP contribution in [0.25, 0.3) is 6.08 Å². The molecule has 9 heteroatoms. The van der Waals surface area contributed by atoms with E-state index in [0.29, 0.717) is 22.4 Å². The van der Waals surface area contributed by atoms with Gasteiger partial charge < -0.3 is 10.2 Å². The number of rotatable bonds is 6. The van der Waals surface area contributed by atoms with Crippen LogP contribution in [0.5, 0.6) is 0 Å². The molecular formula is C20H31Cl3N4O2. The van der Waals surface area contributed by atoms with Crippen LogP contribution in [-0.4, -0.2) is 46.7 Å². The fourth-order valence-corrected chi connectivity index (χ4v) is 4.28. The number of carbonyl (C=O) groups is 1. The van der Waals surface area contributed by atoms with Gasteiger partial charge in [0.05, 0.1) is 5.02 Å². The molecule has 0 radical (unpaired) electrons. The van der Waals surface area contributed by atoms with Crippen LogP contribution in [0.1, 0.15) is 50.5 Å². The van der Waals surface area contributed by atoms with Gasteiger partial charge in [0.25, 0.3) is 5.91 Å². The third kappa shape index (κ3) is 8.30. The van der Waals surface area contributed by atoms with Crippen LogP contribution in [0, 0.1) is 5.92 Å². The van der Waals surface area contributed by atoms with Crippen LogP contribution >= 0.6 is 36.4 Å². The fourth-order valence-electron chi connectivity index (χ4n) is 4.05. The highest BCUT2D eigenvalue weighted by Gasteiger charge is 2.23. The first-order chi connectivity index (χ1) is 13.1. The van der Waals surface area contributed by atoms with Gasteiger partial charge in [-0.15, -0.1) is 24.8 Å². The normalized spacial score (nSPS) is 18.7. The minimum absolute atomic E-state index is 0. The van der Waals surface area contributed by atoms with E-state index in [9.17, 15) is 4.79 Å². The third-order valence-electron chi connectivity index (χ3n) is 5.57. The predicted molar refractivity (Wildman–Crippen MR) is 122 cm³/mol. The number of nitrogens with one attached hydrogen (secondary N) is 2. The lowest BCUT2D eigenvalue weighted by molar-refractivity contribution is -0.124. The average molecular weight is 466 g/mol. The highest BCUT2D eigenvalue weighted by molar-refractivity contribution is 6.33. The number of hydrogen-bond donors (Lipinski definition) is 3. The van der Waals surface area contributed by atoms with Crippen LogP contribution in [0.3, 0.4) is 0 Å². The molecule has 2 fully saturated rings. The molecule has 1 saturated carbocycles. The maximum absolute atomic E-state index is 11.0. The predicted octanol–water partition coefficient (Wildman–Crippen LogP) is 4.55. The zero-order valence-corrected chi connectivity index (χ0v) is 18.9. The van der Waals surface area contributed by atoms with Crippen LogP contribution in [0.2, 0.25) is 5.02 Å². The molecule has 0 atom stereocenters. The number of halogens is 3. The van der Waals surface area contributed by atoms with E-state index in [4.69, 9.17) is 16.8 Å². The van der Waals surface area contributed by atoms with Crippen molar-refractivity contribution in [3.8, 4) is 0 Å². The van der Waals surface area contributed by atoms with Gasteiger partial charge in [0.1, 0.15) is 5.82 Å². The summed E-state index contributed by atoms with van der Waals surface area (Å²) in [5, 5.41) is 12.5. The molecule has 2 heterocycles. The Morgan fingerprint density at radius 3 is 2.52 bits per heavy atom. The maximum Gasteiger partial charge on any atom is 0.267 e. The molecule has 1 aromatic rings. The SMILES string of the molecule is Cl.Cl.O=C(C=Cc1cnc(NC2CCN(CC3CCCCC3)CC2)c(Cl)c1)NO. The van der Waals surface area contributed by atoms with Crippen molar-refractivity contribution in [2.24, 2.45) is 5.92 Å². The van der Waals surface area contributed by atoms with E-state index in [2.05, 4.69) is 15.2 Å². The Balaban J connectivity index is 0.00000210. The van der Waals surface area contributed by atoms with Gasteiger partial charge in [-0.1, -0.05) is 30.9 Å². The number of anilines is 1. The van der Waals surface area contributed by atoms with E-state index >= 15 is 0 Å². The van der Waals surface area contributed by atoms with Gasteiger partial charge in [-0.3, -0.25) is 10.0 Å². The topological polar surface area (TPSA) is 77.5 Å². The van der Waals surface area contributed by atoms with Crippen molar-refractivity contribution in [3.05, 3.63) is 28.9 Å². The number of carbonyl (C=O) groups excluding carboxylic acids is 1. The molecule has 1 amide bonds. The van der Waals surface area contributed by atoms with Gasteiger partial charge in [0.15, 0.2) is 0 Å². The quantitative estimate of drug-likeness (QED) is 0.326. The van der Waals surface area contributed by atoms with Crippen molar-refractivity contribution in [3.63, 3.8) is 0 Å². The monoisotopic (exact) mass is 464 g/mol. The lowest BCUT2D eigenvalue weighted by atomic mass is 9.88. The summed E-state index contributed by atoms with van der Waals surface area (Å²) in [5.74, 6) is 0.993. The van der Waals surface area contributed by atoms with E-state index in [1.165, 1.54) is 44.7 Å². The molecule has 2 aliphatic rings. The number of hydroxylamine groups is 1. The summed E-state index contributed by atoms with van der Waals surface area (Å²) in [7, 11) is 0. The number of pyridine rings is 1. The molecular weight excluding hydrogens is 435 g/mol. The Morgan fingerprint density at radius 1 is 1.21 bits per heavy atom. The molecule has 164 valence electrons. The Labute approximate surface area is 190 Å². The molecule has 0 unspecified atom stereocenters. The zero-order chi connectivity index (χ0) is 19.1. The van der Waals surface area contributed by atoms with Crippen molar-refractivity contribution in [1.82, 2.24) is 15.4 Å². The Kier molecular flexibility index (Phi) is 11.9. The summed E-state index contributed by atoms with van der Waals surface area (Å²) < 4.78 is 0. The molecule has 0 bridgehead atoms. The van der Waals surface area contributed by atoms with Gasteiger partial charge in [0.2, 0.25) is 0 Å². The van der Waals surface area contributed by atoms with E-state index < -0.39 is 5.91 Å². The number of piperidine rings is 1. The van der Waals surface area contributed by atoms with Crippen molar-refractivity contribution in [1.29, 1.82) is 0 Å². The van der Waals surface area contributed by atoms with Crippen LogP contribution in [-0.2, 0) is 4.79 Å². The van der Waals surface area contributed by atoms with Gasteiger partial charge in [0, 0.05) is 37.9 Å². The second kappa shape index (κ2) is 13.3. The summed E-state index contributed by atoms with van der Waals surface area (Å²) in [6, 6.07) is 2.15. The number of aromatic nitrogens is 1. The molecule has 1 aromatic heterocycles. The molecule has 0 spiro atoms. The van der Waals surface area contributed by atoms with Crippen molar-refractivity contribution in [2.75, 3.05) is 25.0 Å². The first-order valence-electron chi connectivity index (χ1n) is 9.90. The number of hydrogen-bond acceptors (Lipinski definition) is 5. The van der Waals surface area contributed by atoms with E-state index in [1.54, 1.807) is 23.8 Å². The average Bonchev–Trinajstić information content (AvgIpc) is 2.70. The fraction of sp³-hybridized carbons (Fsp3) is 0.600. The summed E-state index contributed by atoms with van der Waals surface area (Å²) in [4.78, 5) is 18.0. The molecule has 3 rings (SSSR count). The highest BCUT2D eigenvalue weighted by Crippen LogP contribution is 2.27. The standard InChI is InChI=1S/C20H29ClN4O2.2ClH/c21-18-12-16(6-7-19(26)24-27)13-22-20(18)23-17-8-10-25(11-9-17)14-15-4-2-1-3-5-15;;/h6-7,12-13,15,17,27H,1-5,8-11,14H2,(H,22,23)(H,24,26);2*1H. The largest absolute Gasteiger partial charge is 0.366 e. The summed E-state index contributed by atoms with van der Waals surface area (Å²) in [6.45, 7) is 3.51. The van der Waals surface area contributed by atoms with Crippen LogP contribution < -0.4 is 10.8 Å². The lowest BCUT2D eigenvalue weighted by Gasteiger charge is -2.35. The Morgan fingerprint density at radius 2 is 1.90 bits per heavy atom. The van der Waals surface area contributed by atoms with Crippen molar-refractivity contribution < 1.29 is 10.0 Å². The summed E-state index contributed by atoms with van der Waals surface area (Å²) in [5.41, 5.74) is 2.25. The summed E-state index contributed by atoms with van der Waals surface area (Å²) in [6.07, 6.45) is 13.7. The van der Waals surface area contributed by atoms with E-state index in [-0.39, 0.29) is 24.8 Å². The molecule has 0 aromatic carbocycles.